The van der Waals surface area contributed by atoms with Gasteiger partial charge < -0.3 is 4.74 Å². The van der Waals surface area contributed by atoms with Crippen molar-refractivity contribution in [3.8, 4) is 5.75 Å². The molecule has 2 heterocycles. The van der Waals surface area contributed by atoms with Crippen molar-refractivity contribution in [3.05, 3.63) is 47.8 Å². The minimum atomic E-state index is -4.44. The second-order valence-electron chi connectivity index (χ2n) is 5.44. The lowest BCUT2D eigenvalue weighted by atomic mass is 10.2. The van der Waals surface area contributed by atoms with Gasteiger partial charge in [-0.05, 0) is 25.1 Å². The number of hydrogen-bond acceptors (Lipinski definition) is 4. The van der Waals surface area contributed by atoms with Crippen molar-refractivity contribution in [3.63, 3.8) is 0 Å². The van der Waals surface area contributed by atoms with E-state index in [9.17, 15) is 17.4 Å². The molecule has 26 heavy (non-hydrogen) atoms. The molecule has 0 N–H and O–H groups in total. The lowest BCUT2D eigenvalue weighted by molar-refractivity contribution is -0.153. The molecule has 0 aliphatic heterocycles. The molecule has 0 fully saturated rings. The number of rotatable bonds is 5. The van der Waals surface area contributed by atoms with Crippen LogP contribution in [0.3, 0.4) is 0 Å². The van der Waals surface area contributed by atoms with Gasteiger partial charge in [-0.3, -0.25) is 9.19 Å². The molecule has 1 atom stereocenters. The van der Waals surface area contributed by atoms with Crippen LogP contribution in [0.15, 0.2) is 41.7 Å². The normalized spacial score (nSPS) is 13.1. The summed E-state index contributed by atoms with van der Waals surface area (Å²) in [5.41, 5.74) is 1.95. The molecule has 5 nitrogen and oxygen atoms in total. The Morgan fingerprint density at radius 1 is 1.27 bits per heavy atom. The Balaban J connectivity index is 1.84. The van der Waals surface area contributed by atoms with Crippen molar-refractivity contribution in [2.24, 2.45) is 0 Å². The summed E-state index contributed by atoms with van der Waals surface area (Å²) in [4.78, 5) is 8.35. The van der Waals surface area contributed by atoms with Crippen LogP contribution in [0, 0.1) is 6.92 Å². The maximum atomic E-state index is 12.7. The number of nitrogens with zero attached hydrogens (tertiary/aromatic N) is 3. The predicted octanol–water partition coefficient (Wildman–Crippen LogP) is 3.99. The summed E-state index contributed by atoms with van der Waals surface area (Å²) in [5, 5.41) is 0.149. The predicted molar refractivity (Wildman–Crippen MR) is 91.6 cm³/mol. The fraction of sp³-hybridized carbons (Fsp3) is 0.250. The lowest BCUT2D eigenvalue weighted by Crippen LogP contribution is -2.20. The molecule has 2 aromatic heterocycles. The zero-order chi connectivity index (χ0) is 18.9. The van der Waals surface area contributed by atoms with Crippen molar-refractivity contribution < 1.29 is 22.1 Å². The van der Waals surface area contributed by atoms with E-state index in [0.29, 0.717) is 22.3 Å². The molecule has 10 heteroatoms. The summed E-state index contributed by atoms with van der Waals surface area (Å²) >= 11 is 6.18. The number of alkyl halides is 3. The highest BCUT2D eigenvalue weighted by atomic mass is 35.5. The zero-order valence-electron chi connectivity index (χ0n) is 13.5. The summed E-state index contributed by atoms with van der Waals surface area (Å²) in [7, 11) is -1.64. The quantitative estimate of drug-likeness (QED) is 0.646. The van der Waals surface area contributed by atoms with Crippen LogP contribution >= 0.6 is 11.8 Å². The first-order chi connectivity index (χ1) is 12.3. The first kappa shape index (κ1) is 18.7. The average molecular weight is 404 g/mol. The summed E-state index contributed by atoms with van der Waals surface area (Å²) in [6, 6.07) is 8.38. The van der Waals surface area contributed by atoms with Gasteiger partial charge in [0.2, 0.25) is 5.16 Å². The minimum absolute atomic E-state index is 0.0451. The number of imidazole rings is 1. The molecule has 0 aliphatic rings. The molecule has 138 valence electrons. The first-order valence-corrected chi connectivity index (χ1v) is 9.08. The van der Waals surface area contributed by atoms with Gasteiger partial charge in [-0.25, -0.2) is 9.07 Å². The third-order valence-electron chi connectivity index (χ3n) is 3.60. The molecule has 0 saturated carbocycles. The summed E-state index contributed by atoms with van der Waals surface area (Å²) in [6.45, 7) is 0.159. The van der Waals surface area contributed by atoms with Crippen molar-refractivity contribution in [2.45, 2.75) is 24.0 Å². The van der Waals surface area contributed by atoms with Crippen LogP contribution in [-0.4, -0.2) is 31.0 Å². The van der Waals surface area contributed by atoms with Gasteiger partial charge in [0.25, 0.3) is 0 Å². The van der Waals surface area contributed by atoms with Crippen LogP contribution in [0.4, 0.5) is 13.2 Å². The summed E-state index contributed by atoms with van der Waals surface area (Å²) in [5.74, 6) is -0.00541. The number of para-hydroxylation sites is 2. The van der Waals surface area contributed by atoms with E-state index in [2.05, 4.69) is 9.97 Å². The van der Waals surface area contributed by atoms with Crippen molar-refractivity contribution >= 4 is 33.6 Å². The SMILES string of the molecule is Cc1c(OCC(F)(F)F)ccnc1CS(=O)c1nc2ccccc2n1Cl. The molecule has 3 rings (SSSR count). The summed E-state index contributed by atoms with van der Waals surface area (Å²) < 4.78 is 55.7. The van der Waals surface area contributed by atoms with Gasteiger partial charge in [0, 0.05) is 23.5 Å². The molecule has 0 saturated heterocycles. The van der Waals surface area contributed by atoms with Crippen LogP contribution in [0.2, 0.25) is 0 Å². The number of fused-ring (bicyclic) bond motifs is 1. The average Bonchev–Trinajstić information content (AvgIpc) is 2.92. The van der Waals surface area contributed by atoms with Gasteiger partial charge in [0.05, 0.1) is 33.3 Å². The number of pyridine rings is 1. The highest BCUT2D eigenvalue weighted by Gasteiger charge is 2.29. The van der Waals surface area contributed by atoms with E-state index in [1.165, 1.54) is 16.3 Å². The number of ether oxygens (including phenoxy) is 1. The maximum absolute atomic E-state index is 12.7. The Hall–Kier alpha value is -2.13. The van der Waals surface area contributed by atoms with E-state index >= 15 is 0 Å². The number of benzene rings is 1. The van der Waals surface area contributed by atoms with E-state index < -0.39 is 23.6 Å². The van der Waals surface area contributed by atoms with Crippen LogP contribution in [0.5, 0.6) is 5.75 Å². The number of aromatic nitrogens is 3. The van der Waals surface area contributed by atoms with Crippen LogP contribution in [-0.2, 0) is 16.6 Å². The highest BCUT2D eigenvalue weighted by Crippen LogP contribution is 2.26. The van der Waals surface area contributed by atoms with Crippen LogP contribution in [0.25, 0.3) is 11.0 Å². The fourth-order valence-corrected chi connectivity index (χ4v) is 3.88. The third kappa shape index (κ3) is 3.99. The molecular weight excluding hydrogens is 391 g/mol. The van der Waals surface area contributed by atoms with E-state index in [4.69, 9.17) is 16.5 Å². The zero-order valence-corrected chi connectivity index (χ0v) is 15.0. The van der Waals surface area contributed by atoms with Gasteiger partial charge in [0.1, 0.15) is 5.75 Å². The first-order valence-electron chi connectivity index (χ1n) is 7.42. The highest BCUT2D eigenvalue weighted by molar-refractivity contribution is 7.84. The van der Waals surface area contributed by atoms with Gasteiger partial charge in [-0.2, -0.15) is 13.2 Å². The molecule has 0 aliphatic carbocycles. The molecule has 3 aromatic rings. The molecule has 0 amide bonds. The van der Waals surface area contributed by atoms with Gasteiger partial charge in [0.15, 0.2) is 6.61 Å². The second-order valence-corrected chi connectivity index (χ2v) is 7.12. The van der Waals surface area contributed by atoms with Gasteiger partial charge in [-0.15, -0.1) is 0 Å². The number of hydrogen-bond donors (Lipinski definition) is 0. The second kappa shape index (κ2) is 7.24. The Bertz CT molecular complexity index is 975. The number of halogens is 4. The van der Waals surface area contributed by atoms with E-state index in [1.807, 2.05) is 0 Å². The molecule has 1 unspecified atom stereocenters. The molecule has 0 bridgehead atoms. The van der Waals surface area contributed by atoms with Crippen molar-refractivity contribution in [1.29, 1.82) is 0 Å². The monoisotopic (exact) mass is 403 g/mol. The van der Waals surface area contributed by atoms with Gasteiger partial charge in [-0.1, -0.05) is 12.1 Å². The smallest absolute Gasteiger partial charge is 0.422 e. The molecule has 0 spiro atoms. The largest absolute Gasteiger partial charge is 0.484 e. The van der Waals surface area contributed by atoms with Crippen molar-refractivity contribution in [2.75, 3.05) is 6.61 Å². The Morgan fingerprint density at radius 3 is 2.69 bits per heavy atom. The summed E-state index contributed by atoms with van der Waals surface area (Å²) in [6.07, 6.45) is -3.13. The molecule has 0 radical (unpaired) electrons. The Morgan fingerprint density at radius 2 is 2.00 bits per heavy atom. The minimum Gasteiger partial charge on any atom is -0.484 e. The van der Waals surface area contributed by atoms with Crippen LogP contribution in [0.1, 0.15) is 11.3 Å². The van der Waals surface area contributed by atoms with E-state index in [-0.39, 0.29) is 16.7 Å². The third-order valence-corrected chi connectivity index (χ3v) is 5.26. The van der Waals surface area contributed by atoms with Gasteiger partial charge >= 0.3 is 6.18 Å². The fourth-order valence-electron chi connectivity index (χ4n) is 2.32. The van der Waals surface area contributed by atoms with Crippen molar-refractivity contribution in [1.82, 2.24) is 14.1 Å². The topological polar surface area (TPSA) is 57.0 Å². The molecular formula is C16H13ClF3N3O2S. The maximum Gasteiger partial charge on any atom is 0.422 e. The van der Waals surface area contributed by atoms with E-state index in [0.717, 1.165) is 0 Å². The Labute approximate surface area is 154 Å². The standard InChI is InChI=1S/C16H13ClF3N3O2S/c1-10-12(21-7-6-14(10)25-9-16(18,19)20)8-26(24)15-22-11-4-2-3-5-13(11)23(15)17/h2-7H,8-9H2,1H3. The molecule has 1 aromatic carbocycles. The Kier molecular flexibility index (Phi) is 5.19. The van der Waals surface area contributed by atoms with E-state index in [1.54, 1.807) is 31.2 Å². The lowest BCUT2D eigenvalue weighted by Gasteiger charge is -2.13. The van der Waals surface area contributed by atoms with Crippen LogP contribution < -0.4 is 4.74 Å².